The summed E-state index contributed by atoms with van der Waals surface area (Å²) in [7, 11) is 1.87. The summed E-state index contributed by atoms with van der Waals surface area (Å²) in [5, 5.41) is 5.58. The van der Waals surface area contributed by atoms with Crippen LogP contribution in [0.2, 0.25) is 0 Å². The Morgan fingerprint density at radius 1 is 1.58 bits per heavy atom. The first-order valence-corrected chi connectivity index (χ1v) is 7.75. The third kappa shape index (κ3) is 2.77. The van der Waals surface area contributed by atoms with Crippen LogP contribution in [0.25, 0.3) is 0 Å². The predicted molar refractivity (Wildman–Crippen MR) is 78.6 cm³/mol. The van der Waals surface area contributed by atoms with E-state index >= 15 is 0 Å². The highest BCUT2D eigenvalue weighted by atomic mass is 32.1. The first-order valence-electron chi connectivity index (χ1n) is 6.87. The molecule has 1 aromatic rings. The largest absolute Gasteiger partial charge is 0.381 e. The lowest BCUT2D eigenvalue weighted by Gasteiger charge is -2.24. The minimum absolute atomic E-state index is 0.389. The molecule has 2 fully saturated rings. The van der Waals surface area contributed by atoms with Gasteiger partial charge in [-0.3, -0.25) is 4.99 Å². The molecule has 0 amide bonds. The number of likely N-dealkylation sites (tertiary alicyclic amines) is 1. The number of guanidine groups is 1. The Morgan fingerprint density at radius 2 is 2.53 bits per heavy atom. The van der Waals surface area contributed by atoms with Crippen molar-refractivity contribution in [1.82, 2.24) is 10.2 Å². The molecule has 2 aliphatic heterocycles. The van der Waals surface area contributed by atoms with Crippen LogP contribution < -0.4 is 5.32 Å². The van der Waals surface area contributed by atoms with E-state index in [0.717, 1.165) is 38.8 Å². The molecule has 3 rings (SSSR count). The molecule has 1 unspecified atom stereocenters. The van der Waals surface area contributed by atoms with Crippen LogP contribution in [-0.2, 0) is 11.3 Å². The second-order valence-electron chi connectivity index (χ2n) is 5.45. The van der Waals surface area contributed by atoms with E-state index in [1.807, 2.05) is 7.05 Å². The molecular weight excluding hydrogens is 258 g/mol. The first kappa shape index (κ1) is 12.9. The molecule has 0 radical (unpaired) electrons. The minimum atomic E-state index is 0.389. The molecule has 3 heterocycles. The summed E-state index contributed by atoms with van der Waals surface area (Å²) in [6.45, 7) is 4.88. The lowest BCUT2D eigenvalue weighted by atomic mass is 9.87. The maximum absolute atomic E-state index is 5.58. The third-order valence-electron chi connectivity index (χ3n) is 4.14. The molecule has 0 aliphatic carbocycles. The number of nitrogens with zero attached hydrogens (tertiary/aromatic N) is 2. The van der Waals surface area contributed by atoms with E-state index < -0.39 is 0 Å². The fourth-order valence-corrected chi connectivity index (χ4v) is 3.64. The van der Waals surface area contributed by atoms with Crippen molar-refractivity contribution in [2.75, 3.05) is 33.4 Å². The average Bonchev–Trinajstić information content (AvgIpc) is 3.15. The minimum Gasteiger partial charge on any atom is -0.381 e. The molecule has 19 heavy (non-hydrogen) atoms. The van der Waals surface area contributed by atoms with Gasteiger partial charge in [0.25, 0.3) is 0 Å². The topological polar surface area (TPSA) is 36.9 Å². The van der Waals surface area contributed by atoms with Crippen molar-refractivity contribution in [3.8, 4) is 0 Å². The summed E-state index contributed by atoms with van der Waals surface area (Å²) < 4.78 is 5.58. The van der Waals surface area contributed by atoms with Crippen LogP contribution in [0.1, 0.15) is 17.7 Å². The molecule has 1 atom stereocenters. The van der Waals surface area contributed by atoms with Gasteiger partial charge in [-0.15, -0.1) is 11.3 Å². The number of nitrogens with one attached hydrogen (secondary N) is 1. The Labute approximate surface area is 118 Å². The van der Waals surface area contributed by atoms with Gasteiger partial charge in [0.15, 0.2) is 5.96 Å². The maximum Gasteiger partial charge on any atom is 0.193 e. The van der Waals surface area contributed by atoms with Crippen molar-refractivity contribution in [3.63, 3.8) is 0 Å². The van der Waals surface area contributed by atoms with Crippen LogP contribution in [0.4, 0.5) is 0 Å². The molecular formula is C14H21N3OS. The molecule has 4 nitrogen and oxygen atoms in total. The van der Waals surface area contributed by atoms with E-state index in [-0.39, 0.29) is 0 Å². The fraction of sp³-hybridized carbons (Fsp3) is 0.643. The lowest BCUT2D eigenvalue weighted by Crippen LogP contribution is -2.41. The number of hydrogen-bond acceptors (Lipinski definition) is 3. The Kier molecular flexibility index (Phi) is 3.75. The van der Waals surface area contributed by atoms with Crippen molar-refractivity contribution in [3.05, 3.63) is 22.4 Å². The molecule has 1 spiro atoms. The van der Waals surface area contributed by atoms with E-state index in [1.165, 1.54) is 17.7 Å². The highest BCUT2D eigenvalue weighted by Crippen LogP contribution is 2.38. The van der Waals surface area contributed by atoms with Gasteiger partial charge in [-0.2, -0.15) is 0 Å². The van der Waals surface area contributed by atoms with E-state index in [2.05, 4.69) is 32.7 Å². The molecule has 2 saturated heterocycles. The second kappa shape index (κ2) is 5.51. The first-order chi connectivity index (χ1) is 9.31. The van der Waals surface area contributed by atoms with Crippen molar-refractivity contribution in [2.24, 2.45) is 10.4 Å². The normalized spacial score (nSPS) is 27.4. The van der Waals surface area contributed by atoms with Gasteiger partial charge in [0.1, 0.15) is 0 Å². The number of ether oxygens (including phenoxy) is 1. The maximum atomic E-state index is 5.58. The molecule has 104 valence electrons. The van der Waals surface area contributed by atoms with Crippen LogP contribution in [0.3, 0.4) is 0 Å². The van der Waals surface area contributed by atoms with Gasteiger partial charge in [-0.25, -0.2) is 0 Å². The Balaban J connectivity index is 1.58. The van der Waals surface area contributed by atoms with Crippen LogP contribution in [-0.4, -0.2) is 44.2 Å². The number of hydrogen-bond donors (Lipinski definition) is 1. The van der Waals surface area contributed by atoms with Crippen LogP contribution in [0, 0.1) is 5.41 Å². The van der Waals surface area contributed by atoms with Gasteiger partial charge in [0.2, 0.25) is 0 Å². The molecule has 1 N–H and O–H groups in total. The number of aliphatic imine (C=N–C) groups is 1. The second-order valence-corrected chi connectivity index (χ2v) is 6.49. The quantitative estimate of drug-likeness (QED) is 0.664. The molecule has 5 heteroatoms. The monoisotopic (exact) mass is 279 g/mol. The number of thiophene rings is 1. The fourth-order valence-electron chi connectivity index (χ4n) is 3.00. The summed E-state index contributed by atoms with van der Waals surface area (Å²) in [5.74, 6) is 1.03. The SMILES string of the molecule is CN=C(NCc1cccs1)N1CCC2(CCOC2)C1. The average molecular weight is 279 g/mol. The van der Waals surface area contributed by atoms with Gasteiger partial charge in [0, 0.05) is 37.0 Å². The zero-order chi connectivity index (χ0) is 13.1. The highest BCUT2D eigenvalue weighted by molar-refractivity contribution is 7.09. The van der Waals surface area contributed by atoms with Gasteiger partial charge < -0.3 is 15.0 Å². The smallest absolute Gasteiger partial charge is 0.193 e. The predicted octanol–water partition coefficient (Wildman–Crippen LogP) is 1.94. The van der Waals surface area contributed by atoms with Crippen LogP contribution in [0.5, 0.6) is 0 Å². The molecule has 1 aromatic heterocycles. The molecule has 0 bridgehead atoms. The standard InChI is InChI=1S/C14H21N3OS/c1-15-13(16-9-12-3-2-8-19-12)17-6-4-14(10-17)5-7-18-11-14/h2-3,8H,4-7,9-11H2,1H3,(H,15,16). The van der Waals surface area contributed by atoms with Gasteiger partial charge in [-0.1, -0.05) is 6.07 Å². The van der Waals surface area contributed by atoms with Crippen molar-refractivity contribution < 1.29 is 4.74 Å². The summed E-state index contributed by atoms with van der Waals surface area (Å²) in [6, 6.07) is 4.24. The van der Waals surface area contributed by atoms with Crippen molar-refractivity contribution in [1.29, 1.82) is 0 Å². The number of rotatable bonds is 2. The molecule has 0 aromatic carbocycles. The van der Waals surface area contributed by atoms with Gasteiger partial charge >= 0.3 is 0 Å². The van der Waals surface area contributed by atoms with Crippen molar-refractivity contribution in [2.45, 2.75) is 19.4 Å². The Bertz CT molecular complexity index is 438. The van der Waals surface area contributed by atoms with Gasteiger partial charge in [0.05, 0.1) is 13.2 Å². The third-order valence-corrected chi connectivity index (χ3v) is 5.01. The Hall–Kier alpha value is -1.07. The summed E-state index contributed by atoms with van der Waals surface area (Å²) >= 11 is 1.78. The van der Waals surface area contributed by atoms with Crippen LogP contribution >= 0.6 is 11.3 Å². The zero-order valence-corrected chi connectivity index (χ0v) is 12.2. The molecule has 0 saturated carbocycles. The summed E-state index contributed by atoms with van der Waals surface area (Å²) in [6.07, 6.45) is 2.43. The summed E-state index contributed by atoms with van der Waals surface area (Å²) in [4.78, 5) is 8.14. The van der Waals surface area contributed by atoms with Crippen molar-refractivity contribution >= 4 is 17.3 Å². The zero-order valence-electron chi connectivity index (χ0n) is 11.4. The lowest BCUT2D eigenvalue weighted by molar-refractivity contribution is 0.156. The van der Waals surface area contributed by atoms with E-state index in [0.29, 0.717) is 5.41 Å². The van der Waals surface area contributed by atoms with E-state index in [4.69, 9.17) is 4.74 Å². The summed E-state index contributed by atoms with van der Waals surface area (Å²) in [5.41, 5.74) is 0.389. The van der Waals surface area contributed by atoms with Crippen LogP contribution in [0.15, 0.2) is 22.5 Å². The highest BCUT2D eigenvalue weighted by Gasteiger charge is 2.42. The van der Waals surface area contributed by atoms with Gasteiger partial charge in [-0.05, 0) is 24.3 Å². The van der Waals surface area contributed by atoms with E-state index in [9.17, 15) is 0 Å². The Morgan fingerprint density at radius 3 is 3.21 bits per heavy atom. The van der Waals surface area contributed by atoms with E-state index in [1.54, 1.807) is 11.3 Å². The molecule has 2 aliphatic rings.